The van der Waals surface area contributed by atoms with Crippen molar-refractivity contribution < 1.29 is 9.59 Å². The first-order valence-electron chi connectivity index (χ1n) is 6.33. The Balaban J connectivity index is 2.20. The Bertz CT molecular complexity index is 395. The Hall–Kier alpha value is -1.47. The van der Waals surface area contributed by atoms with Crippen molar-refractivity contribution in [2.24, 2.45) is 5.73 Å². The van der Waals surface area contributed by atoms with Gasteiger partial charge in [-0.25, -0.2) is 4.98 Å². The third kappa shape index (κ3) is 6.88. The summed E-state index contributed by atoms with van der Waals surface area (Å²) in [4.78, 5) is 26.0. The average molecular weight is 284 g/mol. The van der Waals surface area contributed by atoms with Gasteiger partial charge in [-0.3, -0.25) is 9.59 Å². The molecule has 0 aromatic carbocycles. The number of carbonyl (C=O) groups is 2. The lowest BCUT2D eigenvalue weighted by Gasteiger charge is -2.03. The number of amides is 2. The molecule has 0 aliphatic carbocycles. The molecule has 1 aromatic heterocycles. The fraction of sp³-hybridized carbons (Fsp3) is 0.583. The third-order valence-electron chi connectivity index (χ3n) is 2.44. The number of hydrogen-bond acceptors (Lipinski definition) is 5. The van der Waals surface area contributed by atoms with E-state index >= 15 is 0 Å². The van der Waals surface area contributed by atoms with E-state index in [-0.39, 0.29) is 5.91 Å². The molecule has 0 fully saturated rings. The highest BCUT2D eigenvalue weighted by Gasteiger charge is 2.07. The van der Waals surface area contributed by atoms with Crippen LogP contribution in [0.2, 0.25) is 0 Å². The monoisotopic (exact) mass is 284 g/mol. The van der Waals surface area contributed by atoms with Gasteiger partial charge in [-0.1, -0.05) is 0 Å². The molecule has 106 valence electrons. The summed E-state index contributed by atoms with van der Waals surface area (Å²) in [6.45, 7) is 1.79. The number of hydrogen-bond donors (Lipinski definition) is 3. The quantitative estimate of drug-likeness (QED) is 0.410. The summed E-state index contributed by atoms with van der Waals surface area (Å²) < 4.78 is 0. The Labute approximate surface area is 116 Å². The molecule has 0 unspecified atom stereocenters. The standard InChI is InChI=1S/C12H20N4O2S/c13-4-1-3-12-16-10(8-19-12)7-11(18)15-6-2-5-14-9-17/h8-9H,1-7,13H2,(H,14,17)(H,15,18). The van der Waals surface area contributed by atoms with Crippen LogP contribution in [-0.4, -0.2) is 36.9 Å². The molecule has 0 aliphatic rings. The van der Waals surface area contributed by atoms with Crippen molar-refractivity contribution in [3.63, 3.8) is 0 Å². The molecule has 6 nitrogen and oxygen atoms in total. The number of nitrogens with two attached hydrogens (primary N) is 1. The molecule has 1 heterocycles. The van der Waals surface area contributed by atoms with E-state index in [1.807, 2.05) is 5.38 Å². The molecule has 7 heteroatoms. The molecule has 0 spiro atoms. The zero-order valence-corrected chi connectivity index (χ0v) is 11.7. The molecule has 4 N–H and O–H groups in total. The van der Waals surface area contributed by atoms with Crippen molar-refractivity contribution >= 4 is 23.7 Å². The van der Waals surface area contributed by atoms with Gasteiger partial charge in [0.25, 0.3) is 0 Å². The Kier molecular flexibility index (Phi) is 7.76. The summed E-state index contributed by atoms with van der Waals surface area (Å²) in [6, 6.07) is 0. The highest BCUT2D eigenvalue weighted by Crippen LogP contribution is 2.11. The fourth-order valence-electron chi connectivity index (χ4n) is 1.50. The van der Waals surface area contributed by atoms with Gasteiger partial charge in [-0.15, -0.1) is 11.3 Å². The van der Waals surface area contributed by atoms with E-state index in [1.54, 1.807) is 11.3 Å². The van der Waals surface area contributed by atoms with E-state index in [2.05, 4.69) is 15.6 Å². The Morgan fingerprint density at radius 2 is 2.26 bits per heavy atom. The van der Waals surface area contributed by atoms with Crippen molar-refractivity contribution in [3.8, 4) is 0 Å². The number of aryl methyl sites for hydroxylation is 1. The Morgan fingerprint density at radius 1 is 1.42 bits per heavy atom. The summed E-state index contributed by atoms with van der Waals surface area (Å²) in [7, 11) is 0. The topological polar surface area (TPSA) is 97.1 Å². The SMILES string of the molecule is NCCCc1nc(CC(=O)NCCCNC=O)cs1. The number of carbonyl (C=O) groups excluding carboxylic acids is 2. The van der Waals surface area contributed by atoms with Crippen LogP contribution >= 0.6 is 11.3 Å². The van der Waals surface area contributed by atoms with Crippen LogP contribution in [0.1, 0.15) is 23.5 Å². The van der Waals surface area contributed by atoms with Crippen LogP contribution < -0.4 is 16.4 Å². The van der Waals surface area contributed by atoms with Crippen LogP contribution in [0.15, 0.2) is 5.38 Å². The molecule has 19 heavy (non-hydrogen) atoms. The predicted octanol–water partition coefficient (Wildman–Crippen LogP) is -0.171. The lowest BCUT2D eigenvalue weighted by Crippen LogP contribution is -2.28. The smallest absolute Gasteiger partial charge is 0.226 e. The molecule has 0 bridgehead atoms. The number of aromatic nitrogens is 1. The summed E-state index contributed by atoms with van der Waals surface area (Å²) in [5, 5.41) is 8.28. The van der Waals surface area contributed by atoms with E-state index in [0.29, 0.717) is 32.5 Å². The first-order valence-corrected chi connectivity index (χ1v) is 7.21. The molecule has 1 aromatic rings. The molecule has 0 radical (unpaired) electrons. The van der Waals surface area contributed by atoms with Crippen molar-refractivity contribution in [1.82, 2.24) is 15.6 Å². The predicted molar refractivity (Wildman–Crippen MR) is 74.9 cm³/mol. The lowest BCUT2D eigenvalue weighted by molar-refractivity contribution is -0.120. The second kappa shape index (κ2) is 9.46. The van der Waals surface area contributed by atoms with E-state index in [9.17, 15) is 9.59 Å². The molecular weight excluding hydrogens is 264 g/mol. The first-order chi connectivity index (χ1) is 9.26. The number of thiazole rings is 1. The minimum absolute atomic E-state index is 0.0400. The summed E-state index contributed by atoms with van der Waals surface area (Å²) >= 11 is 1.57. The second-order valence-corrected chi connectivity index (χ2v) is 5.02. The lowest BCUT2D eigenvalue weighted by atomic mass is 10.3. The van der Waals surface area contributed by atoms with E-state index in [0.717, 1.165) is 30.0 Å². The number of nitrogens with one attached hydrogen (secondary N) is 2. The average Bonchev–Trinajstić information content (AvgIpc) is 2.83. The molecule has 1 rings (SSSR count). The number of nitrogens with zero attached hydrogens (tertiary/aromatic N) is 1. The highest BCUT2D eigenvalue weighted by atomic mass is 32.1. The van der Waals surface area contributed by atoms with Gasteiger partial charge in [-0.2, -0.15) is 0 Å². The van der Waals surface area contributed by atoms with Gasteiger partial charge >= 0.3 is 0 Å². The van der Waals surface area contributed by atoms with Crippen LogP contribution in [0.4, 0.5) is 0 Å². The zero-order valence-electron chi connectivity index (χ0n) is 10.9. The highest BCUT2D eigenvalue weighted by molar-refractivity contribution is 7.09. The van der Waals surface area contributed by atoms with Crippen LogP contribution in [0, 0.1) is 0 Å². The van der Waals surface area contributed by atoms with Gasteiger partial charge in [0.2, 0.25) is 12.3 Å². The largest absolute Gasteiger partial charge is 0.359 e. The van der Waals surface area contributed by atoms with Crippen molar-refractivity contribution in [2.45, 2.75) is 25.7 Å². The fourth-order valence-corrected chi connectivity index (χ4v) is 2.34. The maximum Gasteiger partial charge on any atom is 0.226 e. The normalized spacial score (nSPS) is 10.2. The van der Waals surface area contributed by atoms with Gasteiger partial charge in [0.15, 0.2) is 0 Å². The van der Waals surface area contributed by atoms with Gasteiger partial charge < -0.3 is 16.4 Å². The molecule has 0 saturated carbocycles. The van der Waals surface area contributed by atoms with Gasteiger partial charge in [0.05, 0.1) is 17.1 Å². The maximum absolute atomic E-state index is 11.6. The summed E-state index contributed by atoms with van der Waals surface area (Å²) in [5.41, 5.74) is 6.25. The van der Waals surface area contributed by atoms with Gasteiger partial charge in [0, 0.05) is 24.9 Å². The summed E-state index contributed by atoms with van der Waals surface area (Å²) in [5.74, 6) is -0.0400. The van der Waals surface area contributed by atoms with Crippen LogP contribution in [0.5, 0.6) is 0 Å². The molecular formula is C12H20N4O2S. The van der Waals surface area contributed by atoms with Gasteiger partial charge in [-0.05, 0) is 19.4 Å². The van der Waals surface area contributed by atoms with Crippen LogP contribution in [-0.2, 0) is 22.4 Å². The molecule has 2 amide bonds. The van der Waals surface area contributed by atoms with Crippen molar-refractivity contribution in [1.29, 1.82) is 0 Å². The zero-order chi connectivity index (χ0) is 13.9. The molecule has 0 aliphatic heterocycles. The third-order valence-corrected chi connectivity index (χ3v) is 3.40. The van der Waals surface area contributed by atoms with E-state index in [4.69, 9.17) is 5.73 Å². The maximum atomic E-state index is 11.6. The molecule has 0 saturated heterocycles. The van der Waals surface area contributed by atoms with Crippen LogP contribution in [0.3, 0.4) is 0 Å². The van der Waals surface area contributed by atoms with Crippen molar-refractivity contribution in [3.05, 3.63) is 16.1 Å². The Morgan fingerprint density at radius 3 is 3.00 bits per heavy atom. The van der Waals surface area contributed by atoms with Gasteiger partial charge in [0.1, 0.15) is 0 Å². The second-order valence-electron chi connectivity index (χ2n) is 4.08. The minimum atomic E-state index is -0.0400. The minimum Gasteiger partial charge on any atom is -0.359 e. The van der Waals surface area contributed by atoms with Crippen molar-refractivity contribution in [2.75, 3.05) is 19.6 Å². The first kappa shape index (κ1) is 15.6. The summed E-state index contributed by atoms with van der Waals surface area (Å²) in [6.07, 6.45) is 3.48. The van der Waals surface area contributed by atoms with E-state index in [1.165, 1.54) is 0 Å². The van der Waals surface area contributed by atoms with Crippen LogP contribution in [0.25, 0.3) is 0 Å². The molecule has 0 atom stereocenters. The van der Waals surface area contributed by atoms with E-state index < -0.39 is 0 Å². The number of rotatable bonds is 10.